The quantitative estimate of drug-likeness (QED) is 0.222. The largest absolute Gasteiger partial charge is 0.462 e. The summed E-state index contributed by atoms with van der Waals surface area (Å²) in [4.78, 5) is 28.3. The first kappa shape index (κ1) is 32.8. The number of carbonyl (C=O) groups excluding carboxylic acids is 2. The maximum absolute atomic E-state index is 13.3. The third kappa shape index (κ3) is 7.54. The summed E-state index contributed by atoms with van der Waals surface area (Å²) in [6.07, 6.45) is 0. The molecule has 10 aliphatic rings. The van der Waals surface area contributed by atoms with Crippen LogP contribution in [0.4, 0.5) is 0 Å². The van der Waals surface area contributed by atoms with E-state index in [1.165, 1.54) is 36.4 Å². The molecule has 3 aromatic carbocycles. The fourth-order valence-corrected chi connectivity index (χ4v) is 8.10. The number of rotatable bonds is 4. The van der Waals surface area contributed by atoms with Crippen LogP contribution in [-0.4, -0.2) is 74.4 Å². The number of ether oxygens (including phenoxy) is 2. The van der Waals surface area contributed by atoms with Crippen molar-refractivity contribution in [2.24, 2.45) is 0 Å². The molecule has 0 fully saturated rings. The first-order valence-corrected chi connectivity index (χ1v) is 18.3. The van der Waals surface area contributed by atoms with Crippen LogP contribution in [0.3, 0.4) is 0 Å². The highest BCUT2D eigenvalue weighted by Crippen LogP contribution is 2.37. The summed E-state index contributed by atoms with van der Waals surface area (Å²) in [7, 11) is -3.79. The van der Waals surface area contributed by atoms with E-state index in [9.17, 15) is 18.0 Å². The van der Waals surface area contributed by atoms with E-state index >= 15 is 0 Å². The van der Waals surface area contributed by atoms with Crippen molar-refractivity contribution in [3.63, 3.8) is 0 Å². The maximum atomic E-state index is 13.3. The van der Waals surface area contributed by atoms with Crippen LogP contribution in [0.15, 0.2) is 111 Å². The Morgan fingerprint density at radius 2 is 0.872 bits per heavy atom. The number of sulfone groups is 1. The molecule has 0 saturated heterocycles. The van der Waals surface area contributed by atoms with Crippen LogP contribution in [0.2, 0.25) is 0 Å². The molecule has 238 valence electrons. The normalized spacial score (nSPS) is 13.7. The van der Waals surface area contributed by atoms with Gasteiger partial charge in [0.15, 0.2) is 0 Å². The molecule has 15 rings (SSSR count). The Morgan fingerprint density at radius 3 is 1.19 bits per heavy atom. The van der Waals surface area contributed by atoms with Gasteiger partial charge in [0.1, 0.15) is 0 Å². The van der Waals surface area contributed by atoms with Gasteiger partial charge in [0.2, 0.25) is 30.5 Å². The lowest BCUT2D eigenvalue weighted by Crippen LogP contribution is -2.12. The van der Waals surface area contributed by atoms with Crippen molar-refractivity contribution in [2.75, 3.05) is 13.2 Å². The Kier molecular flexibility index (Phi) is 9.97. The zero-order valence-corrected chi connectivity index (χ0v) is 28.3. The molecule has 14 nitrogen and oxygen atoms in total. The molecule has 0 spiro atoms. The van der Waals surface area contributed by atoms with Gasteiger partial charge in [0, 0.05) is 19.6 Å². The first-order valence-electron chi connectivity index (χ1n) is 13.6. The highest BCUT2D eigenvalue weighted by atomic mass is 32.2. The lowest BCUT2D eigenvalue weighted by atomic mass is 10.1. The van der Waals surface area contributed by atoms with Gasteiger partial charge in [-0.05, 0) is 122 Å². The summed E-state index contributed by atoms with van der Waals surface area (Å²) in [6.45, 7) is 3.58. The molecular weight excluding hydrogens is 705 g/mol. The summed E-state index contributed by atoms with van der Waals surface area (Å²) in [6, 6.07) is 15.5. The van der Waals surface area contributed by atoms with Gasteiger partial charge < -0.3 is 9.47 Å². The predicted molar refractivity (Wildman–Crippen MR) is 168 cm³/mol. The Bertz CT molecular complexity index is 1910. The van der Waals surface area contributed by atoms with Crippen molar-refractivity contribution in [3.8, 4) is 0 Å². The maximum Gasteiger partial charge on any atom is 0.339 e. The topological polar surface area (TPSA) is 190 Å². The second-order valence-electron chi connectivity index (χ2n) is 9.07. The van der Waals surface area contributed by atoms with Gasteiger partial charge in [-0.25, -0.2) is 18.0 Å². The second kappa shape index (κ2) is 14.3. The highest BCUT2D eigenvalue weighted by molar-refractivity contribution is 8.00. The number of hydrogen-bond acceptors (Lipinski definition) is 18. The molecule has 19 heteroatoms. The van der Waals surface area contributed by atoms with Crippen LogP contribution in [0, 0.1) is 0 Å². The fourth-order valence-electron chi connectivity index (χ4n) is 3.97. The molecule has 10 aliphatic heterocycles. The number of esters is 2. The molecule has 0 amide bonds. The molecule has 10 bridgehead atoms. The molecule has 2 aromatic heterocycles. The van der Waals surface area contributed by atoms with E-state index in [-0.39, 0.29) is 54.8 Å². The molecule has 0 N–H and O–H groups in total. The third-order valence-electron chi connectivity index (χ3n) is 6.05. The van der Waals surface area contributed by atoms with Gasteiger partial charge >= 0.3 is 11.9 Å². The van der Waals surface area contributed by atoms with Gasteiger partial charge in [0.05, 0.1) is 34.1 Å². The van der Waals surface area contributed by atoms with Crippen LogP contribution in [-0.2, 0) is 19.3 Å². The Hall–Kier alpha value is -4.17. The Labute approximate surface area is 284 Å². The molecular formula is C28H20N8O6S5. The molecule has 0 radical (unpaired) electrons. The zero-order chi connectivity index (χ0) is 33.0. The number of nitrogens with zero attached hydrogens (tertiary/aromatic N) is 8. The Morgan fingerprint density at radius 1 is 0.553 bits per heavy atom. The summed E-state index contributed by atoms with van der Waals surface area (Å²) >= 11 is 4.20. The molecule has 0 unspecified atom stereocenters. The Balaban J connectivity index is 1.45. The van der Waals surface area contributed by atoms with E-state index in [0.29, 0.717) is 19.6 Å². The van der Waals surface area contributed by atoms with Crippen LogP contribution < -0.4 is 0 Å². The minimum Gasteiger partial charge on any atom is -0.462 e. The monoisotopic (exact) mass is 724 g/mol. The van der Waals surface area contributed by atoms with Crippen molar-refractivity contribution < 1.29 is 27.5 Å². The van der Waals surface area contributed by atoms with Gasteiger partial charge in [0.25, 0.3) is 0 Å². The lowest BCUT2D eigenvalue weighted by Gasteiger charge is -2.13. The highest BCUT2D eigenvalue weighted by Gasteiger charge is 2.25. The summed E-state index contributed by atoms with van der Waals surface area (Å²) < 4.78 is 37.1. The molecule has 0 aliphatic carbocycles. The minimum absolute atomic E-state index is 0.0952. The van der Waals surface area contributed by atoms with Crippen LogP contribution in [0.1, 0.15) is 34.6 Å². The van der Waals surface area contributed by atoms with Crippen molar-refractivity contribution in [1.29, 1.82) is 0 Å². The van der Waals surface area contributed by atoms with Crippen LogP contribution in [0.25, 0.3) is 0 Å². The lowest BCUT2D eigenvalue weighted by molar-refractivity contribution is 0.0505. The summed E-state index contributed by atoms with van der Waals surface area (Å²) in [5.74, 6) is -1.28. The molecule has 47 heavy (non-hydrogen) atoms. The SMILES string of the molecule is CCOC(=O)c1cc2c(C(=O)OCC)cc1Sc1nnc(nn1)Sc1ccc(cc1)S(=O)(=O)c1ccc(cc1)Sc1nnc(nn1)S2. The smallest absolute Gasteiger partial charge is 0.339 e. The molecule has 12 heterocycles. The summed E-state index contributed by atoms with van der Waals surface area (Å²) in [5.41, 5.74) is 0.262. The van der Waals surface area contributed by atoms with E-state index in [1.54, 1.807) is 38.1 Å². The molecule has 5 aromatic rings. The van der Waals surface area contributed by atoms with E-state index in [4.69, 9.17) is 9.47 Å². The average Bonchev–Trinajstić information content (AvgIpc) is 3.07. The number of aromatic nitrogens is 8. The number of carbonyl (C=O) groups is 2. The third-order valence-corrected chi connectivity index (χ3v) is 11.3. The van der Waals surface area contributed by atoms with E-state index in [2.05, 4.69) is 40.8 Å². The molecule has 0 saturated carbocycles. The van der Waals surface area contributed by atoms with E-state index < -0.39 is 21.8 Å². The number of benzene rings is 3. The van der Waals surface area contributed by atoms with Gasteiger partial charge in [-0.15, -0.1) is 40.8 Å². The van der Waals surface area contributed by atoms with Crippen molar-refractivity contribution in [1.82, 2.24) is 40.8 Å². The molecule has 0 atom stereocenters. The van der Waals surface area contributed by atoms with Crippen LogP contribution in [0.5, 0.6) is 0 Å². The average molecular weight is 725 g/mol. The second-order valence-corrected chi connectivity index (χ2v) is 15.1. The fraction of sp³-hybridized carbons (Fsp3) is 0.143. The van der Waals surface area contributed by atoms with Crippen molar-refractivity contribution in [3.05, 3.63) is 71.8 Å². The summed E-state index contributed by atoms with van der Waals surface area (Å²) in [5, 5.41) is 33.7. The van der Waals surface area contributed by atoms with E-state index in [0.717, 1.165) is 47.0 Å². The van der Waals surface area contributed by atoms with Gasteiger partial charge in [-0.2, -0.15) is 0 Å². The zero-order valence-electron chi connectivity index (χ0n) is 24.3. The van der Waals surface area contributed by atoms with Gasteiger partial charge in [-0.1, -0.05) is 0 Å². The van der Waals surface area contributed by atoms with Crippen molar-refractivity contribution >= 4 is 68.8 Å². The van der Waals surface area contributed by atoms with E-state index in [1.807, 2.05) is 0 Å². The predicted octanol–water partition coefficient (Wildman–Crippen LogP) is 4.95. The number of hydrogen-bond donors (Lipinski definition) is 0. The minimum atomic E-state index is -3.79. The van der Waals surface area contributed by atoms with Crippen molar-refractivity contribution in [2.45, 2.75) is 63.8 Å². The van der Waals surface area contributed by atoms with Crippen LogP contribution >= 0.6 is 47.0 Å². The standard InChI is InChI=1S/C28H20N8O6S5/c1-3-41-23(37)19-13-22-20(24(38)42-4-2)14-21(19)45-27-33-29-25(30-34-27)43-15-5-9-17(10-6-15)47(39,40)18-11-7-16(8-12-18)44-26-31-35-28(46-22)36-32-26/h5-14H,3-4H2,1-2H3. The van der Waals surface area contributed by atoms with Gasteiger partial charge in [-0.3, -0.25) is 0 Å². The first-order chi connectivity index (χ1) is 22.7.